The lowest BCUT2D eigenvalue weighted by Crippen LogP contribution is -2.37. The number of hydrogen-bond donors (Lipinski definition) is 2. The van der Waals surface area contributed by atoms with Crippen molar-refractivity contribution in [3.05, 3.63) is 0 Å². The Kier molecular flexibility index (Phi) is 7.26. The zero-order chi connectivity index (χ0) is 14.6. The van der Waals surface area contributed by atoms with E-state index in [1.54, 1.807) is 6.92 Å². The molecule has 4 nitrogen and oxygen atoms in total. The Hall–Kier alpha value is 0.260. The van der Waals surface area contributed by atoms with E-state index < -0.39 is 39.4 Å². The second kappa shape index (κ2) is 7.15. The maximum atomic E-state index is 11.4. The first-order chi connectivity index (χ1) is 8.00. The molecule has 0 aliphatic rings. The molecule has 0 amide bonds. The highest BCUT2D eigenvalue weighted by Gasteiger charge is 2.39. The van der Waals surface area contributed by atoms with Gasteiger partial charge in [-0.25, -0.2) is 0 Å². The fraction of sp³-hybridized carbons (Fsp3) is 0.800. The molecule has 0 fully saturated rings. The number of carbonyl (C=O) groups is 2. The third kappa shape index (κ3) is 7.00. The van der Waals surface area contributed by atoms with E-state index in [-0.39, 0.29) is 12.8 Å². The van der Waals surface area contributed by atoms with Gasteiger partial charge in [0.25, 0.3) is 0 Å². The molecule has 0 spiro atoms. The van der Waals surface area contributed by atoms with Gasteiger partial charge < -0.3 is 10.2 Å². The van der Waals surface area contributed by atoms with E-state index in [1.807, 2.05) is 0 Å². The number of carboxylic acid groups (broad SMARTS) is 1. The van der Waals surface area contributed by atoms with Crippen LogP contribution in [0, 0.1) is 5.41 Å². The Morgan fingerprint density at radius 3 is 2.11 bits per heavy atom. The lowest BCUT2D eigenvalue weighted by molar-refractivity contribution is -0.140. The summed E-state index contributed by atoms with van der Waals surface area (Å²) in [5.41, 5.74) is -1.03. The first-order valence-corrected chi connectivity index (χ1v) is 6.62. The van der Waals surface area contributed by atoms with Gasteiger partial charge in [0.05, 0.1) is 6.61 Å². The van der Waals surface area contributed by atoms with Crippen molar-refractivity contribution in [2.45, 2.75) is 35.4 Å². The standard InChI is InChI=1S/C10H14Cl4O4/c1-9(5-15,3-6(16)2-8(17)18)7(11)4-10(12,13)14/h7,15H,2-5H2,1H3,(H,17,18). The topological polar surface area (TPSA) is 74.6 Å². The van der Waals surface area contributed by atoms with Crippen LogP contribution in [-0.2, 0) is 9.59 Å². The quantitative estimate of drug-likeness (QED) is 0.552. The average molecular weight is 340 g/mol. The molecule has 0 aliphatic carbocycles. The van der Waals surface area contributed by atoms with Crippen LogP contribution in [0.1, 0.15) is 26.2 Å². The zero-order valence-corrected chi connectivity index (χ0v) is 12.7. The number of hydrogen-bond acceptors (Lipinski definition) is 3. The highest BCUT2D eigenvalue weighted by atomic mass is 35.6. The van der Waals surface area contributed by atoms with Gasteiger partial charge in [0, 0.05) is 23.6 Å². The smallest absolute Gasteiger partial charge is 0.310 e. The van der Waals surface area contributed by atoms with E-state index in [0.29, 0.717) is 0 Å². The molecule has 18 heavy (non-hydrogen) atoms. The number of ketones is 1. The molecular weight excluding hydrogens is 326 g/mol. The van der Waals surface area contributed by atoms with Gasteiger partial charge in [-0.05, 0) is 0 Å². The highest BCUT2D eigenvalue weighted by molar-refractivity contribution is 6.67. The summed E-state index contributed by atoms with van der Waals surface area (Å²) < 4.78 is -1.60. The third-order valence-corrected chi connectivity index (χ3v) is 3.62. The second-order valence-corrected chi connectivity index (χ2v) is 7.43. The molecular formula is C10H14Cl4O4. The van der Waals surface area contributed by atoms with Gasteiger partial charge in [-0.1, -0.05) is 41.7 Å². The van der Waals surface area contributed by atoms with Crippen molar-refractivity contribution in [1.82, 2.24) is 0 Å². The Morgan fingerprint density at radius 2 is 1.78 bits per heavy atom. The van der Waals surface area contributed by atoms with Gasteiger partial charge >= 0.3 is 5.97 Å². The van der Waals surface area contributed by atoms with Crippen LogP contribution in [0.15, 0.2) is 0 Å². The Balaban J connectivity index is 4.69. The summed E-state index contributed by atoms with van der Waals surface area (Å²) in [5.74, 6) is -1.76. The fourth-order valence-electron chi connectivity index (χ4n) is 1.40. The first-order valence-electron chi connectivity index (χ1n) is 5.05. The number of aliphatic carboxylic acids is 1. The zero-order valence-electron chi connectivity index (χ0n) is 9.63. The van der Waals surface area contributed by atoms with Crippen LogP contribution in [-0.4, -0.2) is 37.7 Å². The predicted octanol–water partition coefficient (Wildman–Crippen LogP) is 2.79. The third-order valence-electron chi connectivity index (χ3n) is 2.48. The van der Waals surface area contributed by atoms with Crippen molar-refractivity contribution in [3.63, 3.8) is 0 Å². The van der Waals surface area contributed by atoms with Crippen molar-refractivity contribution in [3.8, 4) is 0 Å². The maximum Gasteiger partial charge on any atom is 0.310 e. The van der Waals surface area contributed by atoms with Crippen molar-refractivity contribution in [1.29, 1.82) is 0 Å². The van der Waals surface area contributed by atoms with Crippen LogP contribution < -0.4 is 0 Å². The van der Waals surface area contributed by atoms with Gasteiger partial charge in [0.2, 0.25) is 0 Å². The van der Waals surface area contributed by atoms with E-state index in [9.17, 15) is 14.7 Å². The van der Waals surface area contributed by atoms with Crippen LogP contribution in [0.4, 0.5) is 0 Å². The Bertz CT molecular complexity index is 315. The highest BCUT2D eigenvalue weighted by Crippen LogP contribution is 2.41. The number of aliphatic hydroxyl groups is 1. The van der Waals surface area contributed by atoms with E-state index in [4.69, 9.17) is 51.5 Å². The van der Waals surface area contributed by atoms with Crippen LogP contribution in [0.5, 0.6) is 0 Å². The molecule has 8 heteroatoms. The molecule has 0 saturated carbocycles. The molecule has 0 aromatic carbocycles. The summed E-state index contributed by atoms with van der Waals surface area (Å²) in [6, 6.07) is 0. The summed E-state index contributed by atoms with van der Waals surface area (Å²) in [7, 11) is 0. The first kappa shape index (κ1) is 18.3. The van der Waals surface area contributed by atoms with E-state index in [0.717, 1.165) is 0 Å². The molecule has 2 unspecified atom stereocenters. The molecule has 106 valence electrons. The number of halogens is 4. The monoisotopic (exact) mass is 338 g/mol. The molecule has 0 rings (SSSR count). The fourth-order valence-corrected chi connectivity index (χ4v) is 2.47. The van der Waals surface area contributed by atoms with Crippen LogP contribution in [0.3, 0.4) is 0 Å². The number of carbonyl (C=O) groups excluding carboxylic acids is 1. The molecule has 0 saturated heterocycles. The molecule has 0 bridgehead atoms. The summed E-state index contributed by atoms with van der Waals surface area (Å²) >= 11 is 22.8. The van der Waals surface area contributed by atoms with Gasteiger partial charge in [-0.2, -0.15) is 0 Å². The van der Waals surface area contributed by atoms with Crippen molar-refractivity contribution in [2.75, 3.05) is 6.61 Å². The Morgan fingerprint density at radius 1 is 1.28 bits per heavy atom. The minimum atomic E-state index is -1.60. The van der Waals surface area contributed by atoms with Crippen molar-refractivity contribution >= 4 is 58.2 Å². The number of carboxylic acids is 1. The van der Waals surface area contributed by atoms with Crippen LogP contribution in [0.2, 0.25) is 0 Å². The van der Waals surface area contributed by atoms with E-state index >= 15 is 0 Å². The van der Waals surface area contributed by atoms with Gasteiger partial charge in [0.1, 0.15) is 12.2 Å². The van der Waals surface area contributed by atoms with Crippen LogP contribution in [0.25, 0.3) is 0 Å². The Labute approximate surface area is 125 Å². The molecule has 0 aliphatic heterocycles. The van der Waals surface area contributed by atoms with Crippen molar-refractivity contribution < 1.29 is 19.8 Å². The second-order valence-electron chi connectivity index (χ2n) is 4.38. The molecule has 0 aromatic heterocycles. The van der Waals surface area contributed by atoms with Gasteiger partial charge in [0.15, 0.2) is 3.79 Å². The average Bonchev–Trinajstić information content (AvgIpc) is 2.13. The largest absolute Gasteiger partial charge is 0.481 e. The summed E-state index contributed by atoms with van der Waals surface area (Å²) in [4.78, 5) is 21.9. The minimum Gasteiger partial charge on any atom is -0.481 e. The van der Waals surface area contributed by atoms with Gasteiger partial charge in [-0.3, -0.25) is 9.59 Å². The lowest BCUT2D eigenvalue weighted by atomic mass is 9.80. The number of alkyl halides is 4. The molecule has 2 N–H and O–H groups in total. The summed E-state index contributed by atoms with van der Waals surface area (Å²) in [5, 5.41) is 17.1. The predicted molar refractivity (Wildman–Crippen MR) is 71.6 cm³/mol. The molecule has 0 aromatic rings. The molecule has 2 atom stereocenters. The normalized spacial score (nSPS) is 17.0. The number of rotatable bonds is 7. The number of aliphatic hydroxyl groups excluding tert-OH is 1. The lowest BCUT2D eigenvalue weighted by Gasteiger charge is -2.33. The van der Waals surface area contributed by atoms with E-state index in [1.165, 1.54) is 0 Å². The summed E-state index contributed by atoms with van der Waals surface area (Å²) in [6.45, 7) is 1.13. The van der Waals surface area contributed by atoms with Gasteiger partial charge in [-0.15, -0.1) is 11.6 Å². The summed E-state index contributed by atoms with van der Waals surface area (Å²) in [6.07, 6.45) is -0.867. The van der Waals surface area contributed by atoms with Crippen LogP contribution >= 0.6 is 46.4 Å². The van der Waals surface area contributed by atoms with Crippen molar-refractivity contribution in [2.24, 2.45) is 5.41 Å². The van der Waals surface area contributed by atoms with E-state index in [2.05, 4.69) is 0 Å². The molecule has 0 heterocycles. The SMILES string of the molecule is CC(CO)(CC(=O)CC(=O)O)C(Cl)CC(Cl)(Cl)Cl. The minimum absolute atomic E-state index is 0.0589. The molecule has 0 radical (unpaired) electrons. The maximum absolute atomic E-state index is 11.4. The number of Topliss-reactive ketones (excluding diaryl/α,β-unsaturated/α-hetero) is 1.